The second-order valence-corrected chi connectivity index (χ2v) is 7.82. The van der Waals surface area contributed by atoms with Crippen molar-refractivity contribution in [3.63, 3.8) is 0 Å². The molecule has 29 heavy (non-hydrogen) atoms. The predicted molar refractivity (Wildman–Crippen MR) is 123 cm³/mol. The van der Waals surface area contributed by atoms with E-state index in [2.05, 4.69) is 40.2 Å². The summed E-state index contributed by atoms with van der Waals surface area (Å²) in [5, 5.41) is 12.2. The third-order valence-corrected chi connectivity index (χ3v) is 5.50. The van der Waals surface area contributed by atoms with Crippen LogP contribution in [-0.4, -0.2) is 11.0 Å². The number of benzene rings is 3. The number of rotatable bonds is 3. The van der Waals surface area contributed by atoms with Crippen LogP contribution in [0, 0.1) is 13.8 Å². The number of aryl methyl sites for hydroxylation is 2. The lowest BCUT2D eigenvalue weighted by Crippen LogP contribution is -2.45. The number of fused-ring (bicyclic) bond motifs is 1. The molecule has 1 aliphatic rings. The Morgan fingerprint density at radius 2 is 1.76 bits per heavy atom. The quantitative estimate of drug-likeness (QED) is 0.547. The predicted octanol–water partition coefficient (Wildman–Crippen LogP) is 4.89. The summed E-state index contributed by atoms with van der Waals surface area (Å²) in [6, 6.07) is 20.0. The Balaban J connectivity index is 1.77. The fourth-order valence-corrected chi connectivity index (χ4v) is 4.14. The zero-order chi connectivity index (χ0) is 20.5. The molecule has 0 bridgehead atoms. The summed E-state index contributed by atoms with van der Waals surface area (Å²) in [4.78, 5) is 13.3. The van der Waals surface area contributed by atoms with Crippen LogP contribution in [0.15, 0.2) is 71.9 Å². The van der Waals surface area contributed by atoms with Gasteiger partial charge in [0.2, 0.25) is 0 Å². The minimum absolute atomic E-state index is 0.144. The Morgan fingerprint density at radius 1 is 1.00 bits per heavy atom. The van der Waals surface area contributed by atoms with E-state index in [0.717, 1.165) is 38.8 Å². The lowest BCUT2D eigenvalue weighted by molar-refractivity contribution is -0.113. The van der Waals surface area contributed by atoms with Crippen LogP contribution >= 0.6 is 12.2 Å². The van der Waals surface area contributed by atoms with Crippen LogP contribution < -0.4 is 16.0 Å². The smallest absolute Gasteiger partial charge is 0.255 e. The molecule has 0 radical (unpaired) electrons. The lowest BCUT2D eigenvalue weighted by Gasteiger charge is -2.31. The van der Waals surface area contributed by atoms with Gasteiger partial charge in [-0.1, -0.05) is 60.2 Å². The lowest BCUT2D eigenvalue weighted by atomic mass is 9.91. The van der Waals surface area contributed by atoms with Gasteiger partial charge < -0.3 is 16.0 Å². The van der Waals surface area contributed by atoms with E-state index in [1.54, 1.807) is 0 Å². The summed E-state index contributed by atoms with van der Waals surface area (Å²) >= 11 is 5.40. The Morgan fingerprint density at radius 3 is 2.55 bits per heavy atom. The SMILES string of the molecule is CC1=C(C(=O)Nc2ccc(C)cc2C)[C@@H](c2cccc3ccccc23)NC(=S)N1. The van der Waals surface area contributed by atoms with Crippen LogP contribution in [0.3, 0.4) is 0 Å². The van der Waals surface area contributed by atoms with Crippen molar-refractivity contribution in [2.45, 2.75) is 26.8 Å². The van der Waals surface area contributed by atoms with Gasteiger partial charge in [0.15, 0.2) is 5.11 Å². The van der Waals surface area contributed by atoms with E-state index >= 15 is 0 Å². The molecule has 3 aromatic carbocycles. The first-order valence-corrected chi connectivity index (χ1v) is 9.99. The van der Waals surface area contributed by atoms with Crippen molar-refractivity contribution in [1.29, 1.82) is 0 Å². The van der Waals surface area contributed by atoms with Gasteiger partial charge in [0.05, 0.1) is 11.6 Å². The topological polar surface area (TPSA) is 53.2 Å². The number of hydrogen-bond acceptors (Lipinski definition) is 2. The summed E-state index contributed by atoms with van der Waals surface area (Å²) in [7, 11) is 0. The van der Waals surface area contributed by atoms with E-state index in [0.29, 0.717) is 10.7 Å². The fourth-order valence-electron chi connectivity index (χ4n) is 3.87. The Kier molecular flexibility index (Phi) is 5.07. The van der Waals surface area contributed by atoms with Crippen LogP contribution in [0.5, 0.6) is 0 Å². The van der Waals surface area contributed by atoms with E-state index in [1.807, 2.05) is 57.2 Å². The zero-order valence-electron chi connectivity index (χ0n) is 16.7. The third kappa shape index (κ3) is 3.74. The summed E-state index contributed by atoms with van der Waals surface area (Å²) in [5.74, 6) is -0.144. The second kappa shape index (κ2) is 7.68. The van der Waals surface area contributed by atoms with Crippen LogP contribution in [0.25, 0.3) is 10.8 Å². The monoisotopic (exact) mass is 401 g/mol. The molecule has 0 spiro atoms. The highest BCUT2D eigenvalue weighted by atomic mass is 32.1. The van der Waals surface area contributed by atoms with Gasteiger partial charge in [-0.15, -0.1) is 0 Å². The molecule has 1 amide bonds. The first-order valence-electron chi connectivity index (χ1n) is 9.58. The van der Waals surface area contributed by atoms with Gasteiger partial charge >= 0.3 is 0 Å². The van der Waals surface area contributed by atoms with Gasteiger partial charge in [-0.2, -0.15) is 0 Å². The molecular formula is C24H23N3OS. The molecule has 146 valence electrons. The second-order valence-electron chi connectivity index (χ2n) is 7.41. The normalized spacial score (nSPS) is 16.4. The highest BCUT2D eigenvalue weighted by Gasteiger charge is 2.31. The minimum atomic E-state index is -0.333. The number of carbonyl (C=O) groups excluding carboxylic acids is 1. The number of hydrogen-bond donors (Lipinski definition) is 3. The number of carbonyl (C=O) groups is 1. The van der Waals surface area contributed by atoms with Crippen LogP contribution in [0.2, 0.25) is 0 Å². The van der Waals surface area contributed by atoms with E-state index in [-0.39, 0.29) is 11.9 Å². The van der Waals surface area contributed by atoms with Crippen molar-refractivity contribution < 1.29 is 4.79 Å². The largest absolute Gasteiger partial charge is 0.351 e. The van der Waals surface area contributed by atoms with Crippen LogP contribution in [0.1, 0.15) is 29.7 Å². The Labute approximate surface area is 176 Å². The molecule has 1 heterocycles. The van der Waals surface area contributed by atoms with Crippen molar-refractivity contribution in [3.8, 4) is 0 Å². The average molecular weight is 402 g/mol. The Hall–Kier alpha value is -3.18. The molecule has 0 fully saturated rings. The first kappa shape index (κ1) is 19.2. The highest BCUT2D eigenvalue weighted by molar-refractivity contribution is 7.80. The number of thiocarbonyl (C=S) groups is 1. The third-order valence-electron chi connectivity index (χ3n) is 5.28. The van der Waals surface area contributed by atoms with Crippen LogP contribution in [-0.2, 0) is 4.79 Å². The van der Waals surface area contributed by atoms with Gasteiger partial charge in [0, 0.05) is 11.4 Å². The maximum atomic E-state index is 13.3. The minimum Gasteiger partial charge on any atom is -0.351 e. The molecule has 1 atom stereocenters. The molecule has 0 unspecified atom stereocenters. The van der Waals surface area contributed by atoms with Gasteiger partial charge in [-0.25, -0.2) is 0 Å². The number of amides is 1. The standard InChI is InChI=1S/C24H23N3OS/c1-14-11-12-20(15(2)13-14)26-23(28)21-16(3)25-24(29)27-22(21)19-10-6-8-17-7-4-5-9-18(17)19/h4-13,22H,1-3H3,(H,26,28)(H2,25,27,29)/t22-/m1/s1. The summed E-state index contributed by atoms with van der Waals surface area (Å²) < 4.78 is 0. The van der Waals surface area contributed by atoms with Crippen LogP contribution in [0.4, 0.5) is 5.69 Å². The summed E-state index contributed by atoms with van der Waals surface area (Å²) in [5.41, 5.74) is 5.42. The molecule has 0 aromatic heterocycles. The summed E-state index contributed by atoms with van der Waals surface area (Å²) in [6.45, 7) is 5.93. The molecule has 0 saturated carbocycles. The maximum absolute atomic E-state index is 13.3. The van der Waals surface area contributed by atoms with Crippen molar-refractivity contribution in [2.75, 3.05) is 5.32 Å². The van der Waals surface area contributed by atoms with Gasteiger partial charge in [0.1, 0.15) is 0 Å². The molecule has 3 N–H and O–H groups in total. The molecule has 4 rings (SSSR count). The number of nitrogens with one attached hydrogen (secondary N) is 3. The van der Waals surface area contributed by atoms with E-state index in [4.69, 9.17) is 12.2 Å². The maximum Gasteiger partial charge on any atom is 0.255 e. The number of allylic oxidation sites excluding steroid dienone is 1. The van der Waals surface area contributed by atoms with Crippen molar-refractivity contribution in [1.82, 2.24) is 10.6 Å². The molecule has 4 nitrogen and oxygen atoms in total. The molecule has 3 aromatic rings. The first-order chi connectivity index (χ1) is 13.9. The highest BCUT2D eigenvalue weighted by Crippen LogP contribution is 2.32. The molecule has 0 saturated heterocycles. The van der Waals surface area contributed by atoms with E-state index in [9.17, 15) is 4.79 Å². The van der Waals surface area contributed by atoms with E-state index in [1.165, 1.54) is 0 Å². The fraction of sp³-hybridized carbons (Fsp3) is 0.167. The van der Waals surface area contributed by atoms with Crippen molar-refractivity contribution in [2.24, 2.45) is 0 Å². The van der Waals surface area contributed by atoms with Crippen molar-refractivity contribution >= 4 is 39.7 Å². The van der Waals surface area contributed by atoms with Crippen molar-refractivity contribution in [3.05, 3.63) is 88.6 Å². The zero-order valence-corrected chi connectivity index (χ0v) is 17.5. The average Bonchev–Trinajstić information content (AvgIpc) is 2.69. The molecule has 0 aliphatic carbocycles. The Bertz CT molecular complexity index is 1160. The number of anilines is 1. The molecule has 5 heteroatoms. The van der Waals surface area contributed by atoms with Gasteiger partial charge in [0.25, 0.3) is 5.91 Å². The van der Waals surface area contributed by atoms with Gasteiger partial charge in [-0.3, -0.25) is 4.79 Å². The van der Waals surface area contributed by atoms with E-state index < -0.39 is 0 Å². The van der Waals surface area contributed by atoms with Gasteiger partial charge in [-0.05, 0) is 61.0 Å². The molecular weight excluding hydrogens is 378 g/mol. The summed E-state index contributed by atoms with van der Waals surface area (Å²) in [6.07, 6.45) is 0. The molecule has 1 aliphatic heterocycles.